The van der Waals surface area contributed by atoms with Crippen LogP contribution in [0, 0.1) is 0 Å². The fourth-order valence-electron chi connectivity index (χ4n) is 3.00. The lowest BCUT2D eigenvalue weighted by Crippen LogP contribution is -2.31. The predicted molar refractivity (Wildman–Crippen MR) is 116 cm³/mol. The average Bonchev–Trinajstić information content (AvgIpc) is 2.78. The van der Waals surface area contributed by atoms with Crippen LogP contribution in [0.25, 0.3) is 11.1 Å². The van der Waals surface area contributed by atoms with Crippen molar-refractivity contribution >= 4 is 17.8 Å². The Hall–Kier alpha value is -3.93. The SMILES string of the molecule is CC(=O)Oc1ccc(-c2ccc(C(=O)OCC(=O)N[C@@H](C)c3ccccc3)cc2)cc1. The minimum atomic E-state index is -0.570. The van der Waals surface area contributed by atoms with Crippen LogP contribution in [0.5, 0.6) is 5.75 Å². The number of hydrogen-bond acceptors (Lipinski definition) is 5. The van der Waals surface area contributed by atoms with E-state index in [4.69, 9.17) is 9.47 Å². The average molecular weight is 417 g/mol. The molecule has 0 spiro atoms. The van der Waals surface area contributed by atoms with Crippen molar-refractivity contribution in [2.75, 3.05) is 6.61 Å². The van der Waals surface area contributed by atoms with Crippen LogP contribution in [0.4, 0.5) is 0 Å². The molecule has 0 aliphatic rings. The molecule has 0 aliphatic carbocycles. The summed E-state index contributed by atoms with van der Waals surface area (Å²) in [5.41, 5.74) is 3.12. The summed E-state index contributed by atoms with van der Waals surface area (Å²) >= 11 is 0. The van der Waals surface area contributed by atoms with Crippen molar-refractivity contribution in [3.05, 3.63) is 90.0 Å². The molecule has 0 heterocycles. The molecule has 3 rings (SSSR count). The lowest BCUT2D eigenvalue weighted by molar-refractivity contribution is -0.131. The van der Waals surface area contributed by atoms with Crippen molar-refractivity contribution in [3.8, 4) is 16.9 Å². The minimum Gasteiger partial charge on any atom is -0.452 e. The first-order valence-electron chi connectivity index (χ1n) is 9.83. The molecule has 0 saturated carbocycles. The van der Waals surface area contributed by atoms with Crippen molar-refractivity contribution < 1.29 is 23.9 Å². The molecule has 158 valence electrons. The molecule has 6 nitrogen and oxygen atoms in total. The summed E-state index contributed by atoms with van der Waals surface area (Å²) in [5.74, 6) is -0.844. The summed E-state index contributed by atoms with van der Waals surface area (Å²) in [6, 6.07) is 23.3. The molecule has 0 unspecified atom stereocenters. The Morgan fingerprint density at radius 2 is 1.42 bits per heavy atom. The number of esters is 2. The molecular formula is C25H23NO5. The number of amides is 1. The molecular weight excluding hydrogens is 394 g/mol. The molecule has 0 radical (unpaired) electrons. The lowest BCUT2D eigenvalue weighted by Gasteiger charge is -2.14. The Balaban J connectivity index is 1.53. The van der Waals surface area contributed by atoms with E-state index in [1.165, 1.54) is 6.92 Å². The van der Waals surface area contributed by atoms with Gasteiger partial charge in [-0.15, -0.1) is 0 Å². The van der Waals surface area contributed by atoms with Crippen LogP contribution in [0.1, 0.15) is 35.8 Å². The lowest BCUT2D eigenvalue weighted by atomic mass is 10.0. The van der Waals surface area contributed by atoms with E-state index in [0.717, 1.165) is 16.7 Å². The van der Waals surface area contributed by atoms with Crippen molar-refractivity contribution in [1.82, 2.24) is 5.32 Å². The Labute approximate surface area is 180 Å². The second kappa shape index (κ2) is 10.2. The van der Waals surface area contributed by atoms with Crippen LogP contribution in [-0.2, 0) is 14.3 Å². The Morgan fingerprint density at radius 1 is 0.839 bits per heavy atom. The number of rotatable bonds is 7. The number of hydrogen-bond donors (Lipinski definition) is 1. The first-order valence-corrected chi connectivity index (χ1v) is 9.83. The molecule has 1 amide bonds. The number of carbonyl (C=O) groups is 3. The third-order valence-electron chi connectivity index (χ3n) is 4.58. The van der Waals surface area contributed by atoms with Crippen LogP contribution in [0.15, 0.2) is 78.9 Å². The number of benzene rings is 3. The zero-order chi connectivity index (χ0) is 22.2. The van der Waals surface area contributed by atoms with Gasteiger partial charge in [0.1, 0.15) is 5.75 Å². The summed E-state index contributed by atoms with van der Waals surface area (Å²) in [6.07, 6.45) is 0. The van der Waals surface area contributed by atoms with Gasteiger partial charge >= 0.3 is 11.9 Å². The molecule has 31 heavy (non-hydrogen) atoms. The topological polar surface area (TPSA) is 81.7 Å². The molecule has 3 aromatic rings. The standard InChI is InChI=1S/C25H23NO5/c1-17(19-6-4-3-5-7-19)26-24(28)16-30-25(29)22-10-8-20(9-11-22)21-12-14-23(15-13-21)31-18(2)27/h3-15,17H,16H2,1-2H3,(H,26,28)/t17-/m0/s1. The zero-order valence-electron chi connectivity index (χ0n) is 17.3. The van der Waals surface area contributed by atoms with Gasteiger partial charge in [0, 0.05) is 6.92 Å². The fraction of sp³-hybridized carbons (Fsp3) is 0.160. The van der Waals surface area contributed by atoms with Gasteiger partial charge in [-0.3, -0.25) is 9.59 Å². The maximum Gasteiger partial charge on any atom is 0.338 e. The van der Waals surface area contributed by atoms with E-state index in [1.807, 2.05) is 49.4 Å². The van der Waals surface area contributed by atoms with Gasteiger partial charge in [-0.1, -0.05) is 54.6 Å². The molecule has 0 fully saturated rings. The van der Waals surface area contributed by atoms with Crippen molar-refractivity contribution in [2.24, 2.45) is 0 Å². The van der Waals surface area contributed by atoms with Crippen molar-refractivity contribution in [1.29, 1.82) is 0 Å². The number of nitrogens with one attached hydrogen (secondary N) is 1. The van der Waals surface area contributed by atoms with E-state index in [2.05, 4.69) is 5.32 Å². The largest absolute Gasteiger partial charge is 0.452 e. The monoisotopic (exact) mass is 417 g/mol. The third-order valence-corrected chi connectivity index (χ3v) is 4.58. The van der Waals surface area contributed by atoms with Gasteiger partial charge in [0.2, 0.25) is 0 Å². The maximum atomic E-state index is 12.2. The van der Waals surface area contributed by atoms with E-state index < -0.39 is 5.97 Å². The first-order chi connectivity index (χ1) is 14.9. The van der Waals surface area contributed by atoms with Crippen LogP contribution < -0.4 is 10.1 Å². The summed E-state index contributed by atoms with van der Waals surface area (Å²) in [6.45, 7) is 2.86. The van der Waals surface area contributed by atoms with Crippen molar-refractivity contribution in [2.45, 2.75) is 19.9 Å². The molecule has 0 saturated heterocycles. The van der Waals surface area contributed by atoms with Crippen LogP contribution >= 0.6 is 0 Å². The van der Waals surface area contributed by atoms with Gasteiger partial charge in [0.05, 0.1) is 11.6 Å². The maximum absolute atomic E-state index is 12.2. The molecule has 0 aliphatic heterocycles. The third kappa shape index (κ3) is 6.27. The zero-order valence-corrected chi connectivity index (χ0v) is 17.3. The first kappa shape index (κ1) is 21.8. The normalized spacial score (nSPS) is 11.3. The van der Waals surface area contributed by atoms with E-state index >= 15 is 0 Å². The van der Waals surface area contributed by atoms with Gasteiger partial charge in [-0.2, -0.15) is 0 Å². The highest BCUT2D eigenvalue weighted by atomic mass is 16.5. The van der Waals surface area contributed by atoms with E-state index in [9.17, 15) is 14.4 Å². The van der Waals surface area contributed by atoms with Gasteiger partial charge in [0.25, 0.3) is 5.91 Å². The minimum absolute atomic E-state index is 0.182. The summed E-state index contributed by atoms with van der Waals surface area (Å²) in [7, 11) is 0. The van der Waals surface area contributed by atoms with E-state index in [1.54, 1.807) is 36.4 Å². The summed E-state index contributed by atoms with van der Waals surface area (Å²) in [4.78, 5) is 35.3. The predicted octanol–water partition coefficient (Wildman–Crippen LogP) is 4.31. The van der Waals surface area contributed by atoms with E-state index in [0.29, 0.717) is 11.3 Å². The van der Waals surface area contributed by atoms with Gasteiger partial charge in [-0.25, -0.2) is 4.79 Å². The van der Waals surface area contributed by atoms with Gasteiger partial charge in [-0.05, 0) is 47.9 Å². The molecule has 6 heteroatoms. The quantitative estimate of drug-likeness (QED) is 0.458. The van der Waals surface area contributed by atoms with Crippen LogP contribution in [0.3, 0.4) is 0 Å². The molecule has 0 aromatic heterocycles. The number of ether oxygens (including phenoxy) is 2. The highest BCUT2D eigenvalue weighted by Gasteiger charge is 2.13. The van der Waals surface area contributed by atoms with Gasteiger partial charge in [0.15, 0.2) is 6.61 Å². The second-order valence-corrected chi connectivity index (χ2v) is 6.97. The van der Waals surface area contributed by atoms with E-state index in [-0.39, 0.29) is 24.5 Å². The molecule has 0 bridgehead atoms. The van der Waals surface area contributed by atoms with Crippen molar-refractivity contribution in [3.63, 3.8) is 0 Å². The highest BCUT2D eigenvalue weighted by Crippen LogP contribution is 2.23. The summed E-state index contributed by atoms with van der Waals surface area (Å²) < 4.78 is 10.1. The van der Waals surface area contributed by atoms with Crippen LogP contribution in [-0.4, -0.2) is 24.5 Å². The Bertz CT molecular complexity index is 1040. The molecule has 1 atom stereocenters. The summed E-state index contributed by atoms with van der Waals surface area (Å²) in [5, 5.41) is 2.80. The molecule has 1 N–H and O–H groups in total. The number of carbonyl (C=O) groups excluding carboxylic acids is 3. The second-order valence-electron chi connectivity index (χ2n) is 6.97. The fourth-order valence-corrected chi connectivity index (χ4v) is 3.00. The van der Waals surface area contributed by atoms with Crippen LogP contribution in [0.2, 0.25) is 0 Å². The van der Waals surface area contributed by atoms with Gasteiger partial charge < -0.3 is 14.8 Å². The Morgan fingerprint density at radius 3 is 2.00 bits per heavy atom. The molecule has 3 aromatic carbocycles. The Kier molecular flexibility index (Phi) is 7.17. The smallest absolute Gasteiger partial charge is 0.338 e. The highest BCUT2D eigenvalue weighted by molar-refractivity contribution is 5.92.